The van der Waals surface area contributed by atoms with Gasteiger partial charge in [-0.05, 0) is 67.6 Å². The highest BCUT2D eigenvalue weighted by Crippen LogP contribution is 2.35. The molecule has 1 unspecified atom stereocenters. The Morgan fingerprint density at radius 3 is 2.34 bits per heavy atom. The zero-order valence-electron chi connectivity index (χ0n) is 23.3. The van der Waals surface area contributed by atoms with E-state index in [0.29, 0.717) is 58.7 Å². The van der Waals surface area contributed by atoms with E-state index in [-0.39, 0.29) is 24.6 Å². The fourth-order valence-corrected chi connectivity index (χ4v) is 6.11. The molecule has 234 valence electrons. The predicted molar refractivity (Wildman–Crippen MR) is 157 cm³/mol. The summed E-state index contributed by atoms with van der Waals surface area (Å²) in [6, 6.07) is 10.6. The third-order valence-electron chi connectivity index (χ3n) is 7.90. The van der Waals surface area contributed by atoms with Gasteiger partial charge in [-0.25, -0.2) is 18.7 Å². The van der Waals surface area contributed by atoms with E-state index in [1.807, 2.05) is 4.90 Å². The molecular formula is C30H28Cl2F5N5O2. The number of aromatic nitrogens is 2. The molecular weight excluding hydrogens is 628 g/mol. The average Bonchev–Trinajstić information content (AvgIpc) is 2.96. The fraction of sp³-hybridized carbons (Fsp3) is 0.400. The Hall–Kier alpha value is -3.51. The van der Waals surface area contributed by atoms with Crippen molar-refractivity contribution in [3.63, 3.8) is 0 Å². The second-order valence-corrected chi connectivity index (χ2v) is 11.9. The van der Waals surface area contributed by atoms with Crippen molar-refractivity contribution in [3.05, 3.63) is 69.3 Å². The highest BCUT2D eigenvalue weighted by atomic mass is 35.5. The van der Waals surface area contributed by atoms with Crippen LogP contribution in [-0.4, -0.2) is 64.8 Å². The number of ketones is 1. The summed E-state index contributed by atoms with van der Waals surface area (Å²) in [5, 5.41) is 0.803. The van der Waals surface area contributed by atoms with Gasteiger partial charge in [0.2, 0.25) is 0 Å². The molecule has 2 saturated heterocycles. The molecule has 5 rings (SSSR count). The lowest BCUT2D eigenvalue weighted by Gasteiger charge is -2.36. The number of rotatable bonds is 6. The van der Waals surface area contributed by atoms with Crippen LogP contribution in [0.3, 0.4) is 0 Å². The third kappa shape index (κ3) is 7.07. The summed E-state index contributed by atoms with van der Waals surface area (Å²) in [4.78, 5) is 37.5. The van der Waals surface area contributed by atoms with Gasteiger partial charge in [-0.3, -0.25) is 9.59 Å². The van der Waals surface area contributed by atoms with E-state index in [2.05, 4.69) is 4.98 Å². The number of anilines is 2. The molecule has 2 aliphatic rings. The Bertz CT molecular complexity index is 1580. The number of hydrogen-bond donors (Lipinski definition) is 1. The van der Waals surface area contributed by atoms with Crippen molar-refractivity contribution < 1.29 is 31.5 Å². The van der Waals surface area contributed by atoms with Crippen LogP contribution in [0.25, 0.3) is 11.3 Å². The Morgan fingerprint density at radius 2 is 1.68 bits per heavy atom. The minimum atomic E-state index is -5.07. The molecule has 0 aliphatic carbocycles. The fourth-order valence-electron chi connectivity index (χ4n) is 5.61. The Labute approximate surface area is 260 Å². The quantitative estimate of drug-likeness (QED) is 0.225. The highest BCUT2D eigenvalue weighted by molar-refractivity contribution is 6.36. The molecule has 0 bridgehead atoms. The van der Waals surface area contributed by atoms with Gasteiger partial charge in [-0.15, -0.1) is 0 Å². The van der Waals surface area contributed by atoms with Crippen LogP contribution >= 0.6 is 23.2 Å². The van der Waals surface area contributed by atoms with Crippen molar-refractivity contribution in [2.24, 2.45) is 5.92 Å². The maximum atomic E-state index is 13.8. The van der Waals surface area contributed by atoms with Gasteiger partial charge in [0.1, 0.15) is 11.6 Å². The van der Waals surface area contributed by atoms with Gasteiger partial charge in [-0.1, -0.05) is 23.2 Å². The van der Waals surface area contributed by atoms with Crippen molar-refractivity contribution in [2.45, 2.75) is 44.2 Å². The van der Waals surface area contributed by atoms with Crippen LogP contribution in [0.15, 0.2) is 42.5 Å². The molecule has 2 aliphatic heterocycles. The molecule has 7 nitrogen and oxygen atoms in total. The number of nitrogens with zero attached hydrogens (tertiary/aromatic N) is 4. The van der Waals surface area contributed by atoms with E-state index in [0.717, 1.165) is 12.5 Å². The molecule has 2 N–H and O–H groups in total. The molecule has 3 aromatic rings. The first-order valence-electron chi connectivity index (χ1n) is 14.0. The first-order chi connectivity index (χ1) is 20.7. The lowest BCUT2D eigenvalue weighted by atomic mass is 9.92. The first kappa shape index (κ1) is 31.9. The molecule has 4 heterocycles. The minimum absolute atomic E-state index is 0.0407. The van der Waals surface area contributed by atoms with Crippen LogP contribution in [0.4, 0.5) is 33.6 Å². The summed E-state index contributed by atoms with van der Waals surface area (Å²) in [5.74, 6) is -5.44. The van der Waals surface area contributed by atoms with Gasteiger partial charge < -0.3 is 15.5 Å². The number of carbonyl (C=O) groups is 2. The molecule has 0 radical (unpaired) electrons. The van der Waals surface area contributed by atoms with Gasteiger partial charge in [-0.2, -0.15) is 13.2 Å². The summed E-state index contributed by atoms with van der Waals surface area (Å²) in [6.07, 6.45) is -4.08. The highest BCUT2D eigenvalue weighted by Gasteiger charge is 2.41. The van der Waals surface area contributed by atoms with Crippen LogP contribution < -0.4 is 10.6 Å². The van der Waals surface area contributed by atoms with E-state index >= 15 is 0 Å². The summed E-state index contributed by atoms with van der Waals surface area (Å²) in [7, 11) is 0. The number of nitrogens with two attached hydrogens (primary N) is 1. The van der Waals surface area contributed by atoms with Crippen molar-refractivity contribution in [3.8, 4) is 11.3 Å². The number of benzene rings is 1. The number of hydrogen-bond acceptors (Lipinski definition) is 6. The molecule has 1 amide bonds. The number of likely N-dealkylation sites (tertiary alicyclic amines) is 1. The van der Waals surface area contributed by atoms with Gasteiger partial charge >= 0.3 is 6.18 Å². The SMILES string of the molecule is Nc1nc(CC2CCCN(c3nc(-c4ccc(Cl)cc4Cl)ccc3C(=O)N3CCC(F)(F)CC3)C2)ccc1C(=O)C(F)(F)F. The molecule has 0 spiro atoms. The monoisotopic (exact) mass is 655 g/mol. The van der Waals surface area contributed by atoms with E-state index in [1.54, 1.807) is 30.3 Å². The summed E-state index contributed by atoms with van der Waals surface area (Å²) >= 11 is 12.5. The van der Waals surface area contributed by atoms with Crippen LogP contribution in [0, 0.1) is 5.92 Å². The summed E-state index contributed by atoms with van der Waals surface area (Å²) in [6.45, 7) is 0.805. The number of Topliss-reactive ketones (excluding diaryl/α,β-unsaturated/α-hetero) is 1. The molecule has 14 heteroatoms. The number of piperidine rings is 2. The lowest BCUT2D eigenvalue weighted by Crippen LogP contribution is -2.44. The Kier molecular flexibility index (Phi) is 9.04. The standard InChI is InChI=1S/C30H28Cl2F5N5O2/c31-18-3-5-20(23(32)15-18)24-8-7-22(28(44)41-12-9-29(33,34)10-13-41)27(40-24)42-11-1-2-17(16-42)14-19-4-6-21(26(38)39-19)25(43)30(35,36)37/h3-8,15,17H,1-2,9-14,16H2,(H2,38,39). The van der Waals surface area contributed by atoms with Crippen molar-refractivity contribution in [2.75, 3.05) is 36.8 Å². The van der Waals surface area contributed by atoms with Gasteiger partial charge in [0, 0.05) is 55.3 Å². The Morgan fingerprint density at radius 1 is 0.977 bits per heavy atom. The van der Waals surface area contributed by atoms with Crippen LogP contribution in [-0.2, 0) is 6.42 Å². The topological polar surface area (TPSA) is 92.4 Å². The average molecular weight is 656 g/mol. The molecule has 2 fully saturated rings. The third-order valence-corrected chi connectivity index (χ3v) is 8.44. The number of halogens is 7. The number of alkyl halides is 5. The second kappa shape index (κ2) is 12.5. The molecule has 0 saturated carbocycles. The van der Waals surface area contributed by atoms with Gasteiger partial charge in [0.25, 0.3) is 17.6 Å². The van der Waals surface area contributed by atoms with Gasteiger partial charge in [0.15, 0.2) is 0 Å². The van der Waals surface area contributed by atoms with Crippen LogP contribution in [0.2, 0.25) is 10.0 Å². The van der Waals surface area contributed by atoms with E-state index in [4.69, 9.17) is 33.9 Å². The lowest BCUT2D eigenvalue weighted by molar-refractivity contribution is -0.0885. The first-order valence-corrected chi connectivity index (χ1v) is 14.7. The summed E-state index contributed by atoms with van der Waals surface area (Å²) < 4.78 is 66.3. The van der Waals surface area contributed by atoms with E-state index in [1.165, 1.54) is 11.0 Å². The van der Waals surface area contributed by atoms with Crippen molar-refractivity contribution in [1.82, 2.24) is 14.9 Å². The number of amides is 1. The zero-order chi connectivity index (χ0) is 31.8. The van der Waals surface area contributed by atoms with E-state index < -0.39 is 48.0 Å². The van der Waals surface area contributed by atoms with Crippen molar-refractivity contribution >= 4 is 46.5 Å². The van der Waals surface area contributed by atoms with Gasteiger partial charge in [0.05, 0.1) is 21.8 Å². The van der Waals surface area contributed by atoms with E-state index in [9.17, 15) is 31.5 Å². The van der Waals surface area contributed by atoms with Crippen LogP contribution in [0.1, 0.15) is 52.1 Å². The molecule has 1 atom stereocenters. The number of pyridine rings is 2. The number of nitrogen functional groups attached to an aromatic ring is 1. The predicted octanol–water partition coefficient (Wildman–Crippen LogP) is 7.11. The minimum Gasteiger partial charge on any atom is -0.383 e. The van der Waals surface area contributed by atoms with Crippen molar-refractivity contribution in [1.29, 1.82) is 0 Å². The second-order valence-electron chi connectivity index (χ2n) is 11.1. The zero-order valence-corrected chi connectivity index (χ0v) is 24.8. The summed E-state index contributed by atoms with van der Waals surface area (Å²) in [5.41, 5.74) is 6.79. The largest absolute Gasteiger partial charge is 0.455 e. The smallest absolute Gasteiger partial charge is 0.383 e. The maximum Gasteiger partial charge on any atom is 0.455 e. The molecule has 1 aromatic carbocycles. The normalized spacial score (nSPS) is 18.8. The number of carbonyl (C=O) groups excluding carboxylic acids is 2. The van der Waals surface area contributed by atoms with Crippen LogP contribution in [0.5, 0.6) is 0 Å². The molecule has 44 heavy (non-hydrogen) atoms. The maximum absolute atomic E-state index is 13.8. The Balaban J connectivity index is 1.43. The molecule has 2 aromatic heterocycles.